The Bertz CT molecular complexity index is 800. The van der Waals surface area contributed by atoms with Gasteiger partial charge >= 0.3 is 5.63 Å². The fourth-order valence-electron chi connectivity index (χ4n) is 3.16. The van der Waals surface area contributed by atoms with E-state index in [-0.39, 0.29) is 24.4 Å². The van der Waals surface area contributed by atoms with Crippen molar-refractivity contribution in [2.24, 2.45) is 0 Å². The second-order valence-electron chi connectivity index (χ2n) is 7.57. The van der Waals surface area contributed by atoms with Crippen molar-refractivity contribution in [3.8, 4) is 5.75 Å². The number of aryl methyl sites for hydroxylation is 1. The maximum absolute atomic E-state index is 12.2. The lowest BCUT2D eigenvalue weighted by Gasteiger charge is -2.22. The van der Waals surface area contributed by atoms with Crippen molar-refractivity contribution < 1.29 is 19.0 Å². The second kappa shape index (κ2) is 7.18. The predicted octanol–water partition coefficient (Wildman–Crippen LogP) is 3.23. The number of aliphatic hydroxyl groups is 1. The molecule has 1 unspecified atom stereocenters. The quantitative estimate of drug-likeness (QED) is 0.842. The first kappa shape index (κ1) is 18.0. The van der Waals surface area contributed by atoms with Crippen LogP contribution in [0.5, 0.6) is 5.75 Å². The molecule has 1 atom stereocenters. The third-order valence-electron chi connectivity index (χ3n) is 4.35. The molecule has 1 N–H and O–H groups in total. The zero-order valence-electron chi connectivity index (χ0n) is 15.1. The molecule has 2 aromatic rings. The molecule has 1 aromatic heterocycles. The van der Waals surface area contributed by atoms with Crippen LogP contribution >= 0.6 is 0 Å². The number of hydrogen-bond donors (Lipinski definition) is 1. The molecule has 0 saturated heterocycles. The summed E-state index contributed by atoms with van der Waals surface area (Å²) >= 11 is 0. The molecular weight excluding hydrogens is 320 g/mol. The maximum Gasteiger partial charge on any atom is 0.339 e. The second-order valence-corrected chi connectivity index (χ2v) is 7.57. The minimum Gasteiger partial charge on any atom is -0.490 e. The van der Waals surface area contributed by atoms with E-state index in [2.05, 4.69) is 0 Å². The van der Waals surface area contributed by atoms with Gasteiger partial charge in [0.2, 0.25) is 0 Å². The van der Waals surface area contributed by atoms with Crippen LogP contribution in [-0.2, 0) is 17.6 Å². The van der Waals surface area contributed by atoms with Crippen LogP contribution < -0.4 is 10.4 Å². The van der Waals surface area contributed by atoms with Crippen molar-refractivity contribution in [3.05, 3.63) is 39.7 Å². The molecule has 5 nitrogen and oxygen atoms in total. The first-order valence-electron chi connectivity index (χ1n) is 8.87. The predicted molar refractivity (Wildman–Crippen MR) is 96.3 cm³/mol. The van der Waals surface area contributed by atoms with Gasteiger partial charge in [0.05, 0.1) is 17.6 Å². The van der Waals surface area contributed by atoms with E-state index in [1.807, 2.05) is 26.8 Å². The number of hydrogen-bond acceptors (Lipinski definition) is 5. The first-order valence-corrected chi connectivity index (χ1v) is 8.87. The van der Waals surface area contributed by atoms with Gasteiger partial charge in [0.25, 0.3) is 0 Å². The Morgan fingerprint density at radius 2 is 1.88 bits per heavy atom. The van der Waals surface area contributed by atoms with Crippen molar-refractivity contribution in [1.29, 1.82) is 0 Å². The monoisotopic (exact) mass is 346 g/mol. The third-order valence-corrected chi connectivity index (χ3v) is 4.35. The van der Waals surface area contributed by atoms with E-state index in [1.165, 1.54) is 0 Å². The molecule has 1 aliphatic carbocycles. The lowest BCUT2D eigenvalue weighted by Crippen LogP contribution is -2.29. The van der Waals surface area contributed by atoms with Gasteiger partial charge in [-0.2, -0.15) is 0 Å². The first-order chi connectivity index (χ1) is 11.8. The summed E-state index contributed by atoms with van der Waals surface area (Å²) in [5.74, 6) is 0.647. The van der Waals surface area contributed by atoms with Gasteiger partial charge in [-0.05, 0) is 64.2 Å². The molecule has 3 rings (SSSR count). The maximum atomic E-state index is 12.2. The van der Waals surface area contributed by atoms with Gasteiger partial charge in [0.1, 0.15) is 24.0 Å². The van der Waals surface area contributed by atoms with E-state index in [1.54, 1.807) is 12.1 Å². The molecule has 0 spiro atoms. The van der Waals surface area contributed by atoms with Crippen molar-refractivity contribution in [2.75, 3.05) is 13.2 Å². The summed E-state index contributed by atoms with van der Waals surface area (Å²) in [6.07, 6.45) is 2.95. The van der Waals surface area contributed by atoms with E-state index < -0.39 is 6.10 Å². The Morgan fingerprint density at radius 3 is 2.60 bits per heavy atom. The van der Waals surface area contributed by atoms with Gasteiger partial charge in [-0.15, -0.1) is 0 Å². The highest BCUT2D eigenvalue weighted by Gasteiger charge is 2.21. The minimum absolute atomic E-state index is 0.128. The van der Waals surface area contributed by atoms with Crippen LogP contribution in [0.3, 0.4) is 0 Å². The molecule has 0 amide bonds. The fourth-order valence-corrected chi connectivity index (χ4v) is 3.16. The SMILES string of the molecule is CC(C)(C)OCC(O)COc1cccc2oc(=O)c3c(c12)CCCC3. The van der Waals surface area contributed by atoms with Crippen molar-refractivity contribution in [1.82, 2.24) is 0 Å². The Hall–Kier alpha value is -1.85. The largest absolute Gasteiger partial charge is 0.490 e. The van der Waals surface area contributed by atoms with Gasteiger partial charge in [0, 0.05) is 5.56 Å². The summed E-state index contributed by atoms with van der Waals surface area (Å²) in [6, 6.07) is 5.44. The van der Waals surface area contributed by atoms with E-state index in [4.69, 9.17) is 13.9 Å². The molecule has 1 aliphatic rings. The summed E-state index contributed by atoms with van der Waals surface area (Å²) in [6.45, 7) is 6.17. The standard InChI is InChI=1S/C20H26O5/c1-20(2,3)24-12-13(21)11-23-16-9-6-10-17-18(16)14-7-4-5-8-15(14)19(22)25-17/h6,9-10,13,21H,4-5,7-8,11-12H2,1-3H3. The van der Waals surface area contributed by atoms with Crippen LogP contribution in [0.4, 0.5) is 0 Å². The van der Waals surface area contributed by atoms with Crippen LogP contribution in [0.2, 0.25) is 0 Å². The smallest absolute Gasteiger partial charge is 0.339 e. The Morgan fingerprint density at radius 1 is 1.16 bits per heavy atom. The molecule has 0 aliphatic heterocycles. The Kier molecular flexibility index (Phi) is 5.16. The molecule has 0 radical (unpaired) electrons. The molecule has 0 saturated carbocycles. The van der Waals surface area contributed by atoms with Crippen LogP contribution in [-0.4, -0.2) is 30.0 Å². The summed E-state index contributed by atoms with van der Waals surface area (Å²) in [5, 5.41) is 11.0. The average Bonchev–Trinajstić information content (AvgIpc) is 2.57. The van der Waals surface area contributed by atoms with Crippen molar-refractivity contribution in [3.63, 3.8) is 0 Å². The molecule has 1 heterocycles. The lowest BCUT2D eigenvalue weighted by molar-refractivity contribution is -0.0585. The van der Waals surface area contributed by atoms with Crippen molar-refractivity contribution in [2.45, 2.75) is 58.2 Å². The summed E-state index contributed by atoms with van der Waals surface area (Å²) in [4.78, 5) is 12.2. The molecular formula is C20H26O5. The van der Waals surface area contributed by atoms with Gasteiger partial charge in [-0.1, -0.05) is 6.07 Å². The van der Waals surface area contributed by atoms with E-state index in [0.29, 0.717) is 11.3 Å². The van der Waals surface area contributed by atoms with Crippen molar-refractivity contribution >= 4 is 11.0 Å². The fraction of sp³-hybridized carbons (Fsp3) is 0.550. The van der Waals surface area contributed by atoms with Gasteiger partial charge < -0.3 is 19.0 Å². The number of aliphatic hydroxyl groups excluding tert-OH is 1. The highest BCUT2D eigenvalue weighted by atomic mass is 16.5. The number of ether oxygens (including phenoxy) is 2. The number of rotatable bonds is 5. The van der Waals surface area contributed by atoms with E-state index in [0.717, 1.165) is 42.2 Å². The van der Waals surface area contributed by atoms with E-state index >= 15 is 0 Å². The van der Waals surface area contributed by atoms with Crippen LogP contribution in [0.15, 0.2) is 27.4 Å². The highest BCUT2D eigenvalue weighted by Crippen LogP contribution is 2.33. The van der Waals surface area contributed by atoms with Crippen LogP contribution in [0, 0.1) is 0 Å². The summed E-state index contributed by atoms with van der Waals surface area (Å²) in [5.41, 5.74) is 1.81. The Balaban J connectivity index is 1.83. The molecule has 1 aromatic carbocycles. The third kappa shape index (κ3) is 4.22. The minimum atomic E-state index is -0.721. The average molecular weight is 346 g/mol. The molecule has 0 bridgehead atoms. The van der Waals surface area contributed by atoms with Crippen LogP contribution in [0.1, 0.15) is 44.7 Å². The van der Waals surface area contributed by atoms with Gasteiger partial charge in [-0.25, -0.2) is 4.79 Å². The molecule has 25 heavy (non-hydrogen) atoms. The van der Waals surface area contributed by atoms with Gasteiger partial charge in [0.15, 0.2) is 0 Å². The van der Waals surface area contributed by atoms with E-state index in [9.17, 15) is 9.90 Å². The molecule has 5 heteroatoms. The highest BCUT2D eigenvalue weighted by molar-refractivity contribution is 5.87. The summed E-state index contributed by atoms with van der Waals surface area (Å²) < 4.78 is 16.9. The topological polar surface area (TPSA) is 68.9 Å². The number of fused-ring (bicyclic) bond motifs is 3. The normalized spacial score (nSPS) is 15.8. The Labute approximate surface area is 147 Å². The zero-order valence-corrected chi connectivity index (χ0v) is 15.1. The molecule has 0 fully saturated rings. The van der Waals surface area contributed by atoms with Gasteiger partial charge in [-0.3, -0.25) is 0 Å². The zero-order chi connectivity index (χ0) is 18.0. The van der Waals surface area contributed by atoms with Crippen LogP contribution in [0.25, 0.3) is 11.0 Å². The molecule has 136 valence electrons. The number of benzene rings is 1. The summed E-state index contributed by atoms with van der Waals surface area (Å²) in [7, 11) is 0. The lowest BCUT2D eigenvalue weighted by atomic mass is 9.90.